The number of anilines is 1. The molecule has 0 saturated carbocycles. The molecule has 0 fully saturated rings. The number of ether oxygens (including phenoxy) is 1. The highest BCUT2D eigenvalue weighted by atomic mass is 19.1. The highest BCUT2D eigenvalue weighted by molar-refractivity contribution is 6.05. The van der Waals surface area contributed by atoms with Gasteiger partial charge in [0.25, 0.3) is 5.91 Å². The number of carbonyl (C=O) groups excluding carboxylic acids is 1. The van der Waals surface area contributed by atoms with Crippen molar-refractivity contribution in [2.24, 2.45) is 5.73 Å². The number of methoxy groups -OCH3 is 1. The summed E-state index contributed by atoms with van der Waals surface area (Å²) in [4.78, 5) is 13.8. The van der Waals surface area contributed by atoms with Crippen molar-refractivity contribution in [3.05, 3.63) is 59.4 Å². The lowest BCUT2D eigenvalue weighted by molar-refractivity contribution is 0.0992. The molecule has 1 amide bonds. The molecule has 2 N–H and O–H groups in total. The van der Waals surface area contributed by atoms with E-state index in [0.29, 0.717) is 12.2 Å². The molecule has 0 aromatic heterocycles. The molecule has 0 saturated heterocycles. The van der Waals surface area contributed by atoms with Gasteiger partial charge in [-0.2, -0.15) is 0 Å². The normalized spacial score (nSPS) is 10.3. The molecule has 2 aromatic carbocycles. The Balaban J connectivity index is 2.28. The molecule has 2 aromatic rings. The molecule has 0 heterocycles. The minimum atomic E-state index is -0.563. The van der Waals surface area contributed by atoms with Gasteiger partial charge >= 0.3 is 0 Å². The summed E-state index contributed by atoms with van der Waals surface area (Å²) in [6.07, 6.45) is 0. The molecule has 0 bridgehead atoms. The summed E-state index contributed by atoms with van der Waals surface area (Å²) in [7, 11) is 3.02. The standard InChI is InChI=1S/C16H17FN2O2/c1-19(13-5-3-4-11(8-13)10-18)16(20)12-6-7-15(21-2)14(17)9-12/h3-9H,10,18H2,1-2H3. The van der Waals surface area contributed by atoms with Crippen LogP contribution in [0.3, 0.4) is 0 Å². The predicted molar refractivity (Wildman–Crippen MR) is 80.0 cm³/mol. The van der Waals surface area contributed by atoms with Crippen molar-refractivity contribution in [1.82, 2.24) is 0 Å². The second-order valence-electron chi connectivity index (χ2n) is 4.59. The maximum Gasteiger partial charge on any atom is 0.258 e. The summed E-state index contributed by atoms with van der Waals surface area (Å²) in [5.41, 5.74) is 7.48. The average Bonchev–Trinajstić information content (AvgIpc) is 2.53. The molecule has 0 radical (unpaired) electrons. The second kappa shape index (κ2) is 6.37. The van der Waals surface area contributed by atoms with E-state index in [9.17, 15) is 9.18 Å². The molecular weight excluding hydrogens is 271 g/mol. The molecule has 5 heteroatoms. The van der Waals surface area contributed by atoms with Crippen LogP contribution < -0.4 is 15.4 Å². The van der Waals surface area contributed by atoms with E-state index in [1.54, 1.807) is 13.1 Å². The number of benzene rings is 2. The summed E-state index contributed by atoms with van der Waals surface area (Å²) in [6, 6.07) is 11.5. The monoisotopic (exact) mass is 288 g/mol. The summed E-state index contributed by atoms with van der Waals surface area (Å²) >= 11 is 0. The number of nitrogens with zero attached hydrogens (tertiary/aromatic N) is 1. The molecule has 0 atom stereocenters. The highest BCUT2D eigenvalue weighted by Gasteiger charge is 2.15. The molecule has 0 spiro atoms. The Bertz CT molecular complexity index is 658. The third kappa shape index (κ3) is 3.20. The van der Waals surface area contributed by atoms with Crippen molar-refractivity contribution in [3.63, 3.8) is 0 Å². The van der Waals surface area contributed by atoms with Crippen molar-refractivity contribution in [2.45, 2.75) is 6.54 Å². The summed E-state index contributed by atoms with van der Waals surface area (Å²) < 4.78 is 18.5. The molecule has 0 aliphatic rings. The number of carbonyl (C=O) groups is 1. The minimum Gasteiger partial charge on any atom is -0.494 e. The number of rotatable bonds is 4. The van der Waals surface area contributed by atoms with Crippen LogP contribution in [0.15, 0.2) is 42.5 Å². The Morgan fingerprint density at radius 2 is 2.05 bits per heavy atom. The van der Waals surface area contributed by atoms with Gasteiger partial charge in [0.1, 0.15) is 0 Å². The van der Waals surface area contributed by atoms with Crippen LogP contribution in [-0.2, 0) is 6.54 Å². The van der Waals surface area contributed by atoms with Crippen molar-refractivity contribution >= 4 is 11.6 Å². The molecular formula is C16H17FN2O2. The van der Waals surface area contributed by atoms with Crippen LogP contribution in [0.4, 0.5) is 10.1 Å². The van der Waals surface area contributed by atoms with Gasteiger partial charge in [-0.05, 0) is 35.9 Å². The smallest absolute Gasteiger partial charge is 0.258 e. The SMILES string of the molecule is COc1ccc(C(=O)N(C)c2cccc(CN)c2)cc1F. The van der Waals surface area contributed by atoms with Crippen LogP contribution in [0.25, 0.3) is 0 Å². The second-order valence-corrected chi connectivity index (χ2v) is 4.59. The van der Waals surface area contributed by atoms with Gasteiger partial charge in [-0.1, -0.05) is 12.1 Å². The van der Waals surface area contributed by atoms with Crippen LogP contribution >= 0.6 is 0 Å². The zero-order chi connectivity index (χ0) is 15.4. The molecule has 0 aliphatic heterocycles. The third-order valence-electron chi connectivity index (χ3n) is 3.24. The summed E-state index contributed by atoms with van der Waals surface area (Å²) in [5, 5.41) is 0. The van der Waals surface area contributed by atoms with Gasteiger partial charge in [0, 0.05) is 24.8 Å². The van der Waals surface area contributed by atoms with Gasteiger partial charge in [0.15, 0.2) is 11.6 Å². The van der Waals surface area contributed by atoms with Crippen molar-refractivity contribution in [1.29, 1.82) is 0 Å². The lowest BCUT2D eigenvalue weighted by Crippen LogP contribution is -2.26. The van der Waals surface area contributed by atoms with E-state index in [1.807, 2.05) is 18.2 Å². The van der Waals surface area contributed by atoms with Crippen LogP contribution in [0.5, 0.6) is 5.75 Å². The van der Waals surface area contributed by atoms with Gasteiger partial charge in [-0.15, -0.1) is 0 Å². The number of amides is 1. The van der Waals surface area contributed by atoms with Crippen molar-refractivity contribution < 1.29 is 13.9 Å². The lowest BCUT2D eigenvalue weighted by atomic mass is 10.1. The summed E-state index contributed by atoms with van der Waals surface area (Å²) in [5.74, 6) is -0.752. The zero-order valence-electron chi connectivity index (χ0n) is 12.0. The lowest BCUT2D eigenvalue weighted by Gasteiger charge is -2.18. The third-order valence-corrected chi connectivity index (χ3v) is 3.24. The number of nitrogens with two attached hydrogens (primary N) is 1. The maximum atomic E-state index is 13.7. The fourth-order valence-electron chi connectivity index (χ4n) is 2.00. The van der Waals surface area contributed by atoms with Crippen LogP contribution in [0, 0.1) is 5.82 Å². The predicted octanol–water partition coefficient (Wildman–Crippen LogP) is 2.57. The van der Waals surface area contributed by atoms with E-state index in [4.69, 9.17) is 10.5 Å². The van der Waals surface area contributed by atoms with Gasteiger partial charge < -0.3 is 15.4 Å². The molecule has 0 aliphatic carbocycles. The first kappa shape index (κ1) is 15.0. The van der Waals surface area contributed by atoms with E-state index in [-0.39, 0.29) is 17.2 Å². The van der Waals surface area contributed by atoms with Crippen LogP contribution in [-0.4, -0.2) is 20.1 Å². The van der Waals surface area contributed by atoms with Crippen LogP contribution in [0.1, 0.15) is 15.9 Å². The van der Waals surface area contributed by atoms with Gasteiger partial charge in [-0.3, -0.25) is 4.79 Å². The highest BCUT2D eigenvalue weighted by Crippen LogP contribution is 2.21. The Morgan fingerprint density at radius 1 is 1.29 bits per heavy atom. The number of halogens is 1. The first-order valence-electron chi connectivity index (χ1n) is 6.47. The Morgan fingerprint density at radius 3 is 2.67 bits per heavy atom. The number of hydrogen-bond donors (Lipinski definition) is 1. The topological polar surface area (TPSA) is 55.6 Å². The van der Waals surface area contributed by atoms with E-state index in [2.05, 4.69) is 0 Å². The van der Waals surface area contributed by atoms with Crippen molar-refractivity contribution in [2.75, 3.05) is 19.1 Å². The molecule has 0 unspecified atom stereocenters. The first-order valence-corrected chi connectivity index (χ1v) is 6.47. The Kier molecular flexibility index (Phi) is 4.55. The van der Waals surface area contributed by atoms with E-state index in [0.717, 1.165) is 5.56 Å². The quantitative estimate of drug-likeness (QED) is 0.940. The molecule has 4 nitrogen and oxygen atoms in total. The van der Waals surface area contributed by atoms with E-state index >= 15 is 0 Å². The Hall–Kier alpha value is -2.40. The molecule has 2 rings (SSSR count). The van der Waals surface area contributed by atoms with E-state index < -0.39 is 5.82 Å². The number of hydrogen-bond acceptors (Lipinski definition) is 3. The maximum absolute atomic E-state index is 13.7. The van der Waals surface area contributed by atoms with Crippen molar-refractivity contribution in [3.8, 4) is 5.75 Å². The van der Waals surface area contributed by atoms with E-state index in [1.165, 1.54) is 30.2 Å². The molecule has 21 heavy (non-hydrogen) atoms. The van der Waals surface area contributed by atoms with Gasteiger partial charge in [0.05, 0.1) is 7.11 Å². The largest absolute Gasteiger partial charge is 0.494 e. The first-order chi connectivity index (χ1) is 10.1. The van der Waals surface area contributed by atoms with Gasteiger partial charge in [-0.25, -0.2) is 4.39 Å². The average molecular weight is 288 g/mol. The molecule has 110 valence electrons. The van der Waals surface area contributed by atoms with Gasteiger partial charge in [0.2, 0.25) is 0 Å². The minimum absolute atomic E-state index is 0.110. The summed E-state index contributed by atoms with van der Waals surface area (Å²) in [6.45, 7) is 0.396. The fourth-order valence-corrected chi connectivity index (χ4v) is 2.00. The Labute approximate surface area is 122 Å². The fraction of sp³-hybridized carbons (Fsp3) is 0.188. The van der Waals surface area contributed by atoms with Crippen LogP contribution in [0.2, 0.25) is 0 Å². The zero-order valence-corrected chi connectivity index (χ0v) is 12.0.